The summed E-state index contributed by atoms with van der Waals surface area (Å²) in [5, 5.41) is 5.05. The summed E-state index contributed by atoms with van der Waals surface area (Å²) >= 11 is 0. The zero-order chi connectivity index (χ0) is 33.0. The molecule has 0 fully saturated rings. The lowest BCUT2D eigenvalue weighted by Gasteiger charge is -2.12. The zero-order valence-corrected chi connectivity index (χ0v) is 27.4. The first-order chi connectivity index (χ1) is 24.8. The van der Waals surface area contributed by atoms with Gasteiger partial charge < -0.3 is 9.13 Å². The second kappa shape index (κ2) is 11.5. The molecule has 0 amide bonds. The molecule has 0 saturated heterocycles. The number of hydrogen-bond acceptors (Lipinski definition) is 0. The van der Waals surface area contributed by atoms with Crippen LogP contribution in [0, 0.1) is 0 Å². The summed E-state index contributed by atoms with van der Waals surface area (Å²) in [5.41, 5.74) is 14.5. The third-order valence-electron chi connectivity index (χ3n) is 10.1. The van der Waals surface area contributed by atoms with Crippen LogP contribution in [-0.2, 0) is 0 Å². The van der Waals surface area contributed by atoms with Crippen LogP contribution < -0.4 is 0 Å². The smallest absolute Gasteiger partial charge is 0.0541 e. The fraction of sp³-hybridized carbons (Fsp3) is 0. The number of nitrogens with zero attached hydrogens (tertiary/aromatic N) is 2. The van der Waals surface area contributed by atoms with Crippen LogP contribution >= 0.6 is 0 Å². The van der Waals surface area contributed by atoms with Crippen LogP contribution in [0.4, 0.5) is 0 Å². The van der Waals surface area contributed by atoms with Gasteiger partial charge in [0.25, 0.3) is 0 Å². The van der Waals surface area contributed by atoms with Gasteiger partial charge in [0, 0.05) is 32.9 Å². The van der Waals surface area contributed by atoms with Crippen LogP contribution in [0.5, 0.6) is 0 Å². The molecule has 0 atom stereocenters. The van der Waals surface area contributed by atoms with Crippen LogP contribution in [0.25, 0.3) is 88.4 Å². The monoisotopic (exact) mass is 636 g/mol. The van der Waals surface area contributed by atoms with E-state index in [0.717, 1.165) is 0 Å². The second-order valence-corrected chi connectivity index (χ2v) is 13.0. The SMILES string of the molecule is c1ccc(-n2c3ccccc3c3cc(-c4ccc(-c5ccccc5-c5ccc6c(c5)c5ccccc5n6-c5ccccc5)cc4)ccc32)cc1. The van der Waals surface area contributed by atoms with Gasteiger partial charge in [-0.15, -0.1) is 0 Å². The number of para-hydroxylation sites is 4. The van der Waals surface area contributed by atoms with Crippen LogP contribution in [0.1, 0.15) is 0 Å². The largest absolute Gasteiger partial charge is 0.309 e. The molecule has 10 aromatic rings. The van der Waals surface area contributed by atoms with Gasteiger partial charge in [-0.2, -0.15) is 0 Å². The van der Waals surface area contributed by atoms with E-state index in [4.69, 9.17) is 0 Å². The molecule has 10 rings (SSSR count). The number of fused-ring (bicyclic) bond motifs is 6. The maximum atomic E-state index is 2.37. The summed E-state index contributed by atoms with van der Waals surface area (Å²) in [6.45, 7) is 0. The summed E-state index contributed by atoms with van der Waals surface area (Å²) in [6.07, 6.45) is 0. The summed E-state index contributed by atoms with van der Waals surface area (Å²) < 4.78 is 4.74. The molecule has 0 bridgehead atoms. The van der Waals surface area contributed by atoms with Gasteiger partial charge in [-0.25, -0.2) is 0 Å². The Morgan fingerprint density at radius 1 is 0.240 bits per heavy atom. The number of aromatic nitrogens is 2. The van der Waals surface area contributed by atoms with E-state index in [1.807, 2.05) is 0 Å². The van der Waals surface area contributed by atoms with Crippen LogP contribution in [0.15, 0.2) is 194 Å². The van der Waals surface area contributed by atoms with Crippen molar-refractivity contribution in [2.75, 3.05) is 0 Å². The maximum absolute atomic E-state index is 2.37. The van der Waals surface area contributed by atoms with Crippen molar-refractivity contribution in [1.29, 1.82) is 0 Å². The van der Waals surface area contributed by atoms with Crippen molar-refractivity contribution >= 4 is 43.6 Å². The molecule has 8 aromatic carbocycles. The van der Waals surface area contributed by atoms with Crippen LogP contribution in [-0.4, -0.2) is 9.13 Å². The Bertz CT molecular complexity index is 2840. The summed E-state index contributed by atoms with van der Waals surface area (Å²) in [7, 11) is 0. The first-order valence-electron chi connectivity index (χ1n) is 17.2. The van der Waals surface area contributed by atoms with E-state index >= 15 is 0 Å². The highest BCUT2D eigenvalue weighted by atomic mass is 15.0. The van der Waals surface area contributed by atoms with Crippen molar-refractivity contribution in [3.05, 3.63) is 194 Å². The summed E-state index contributed by atoms with van der Waals surface area (Å²) in [5.74, 6) is 0. The molecule has 0 radical (unpaired) electrons. The first-order valence-corrected chi connectivity index (χ1v) is 17.2. The predicted octanol–water partition coefficient (Wildman–Crippen LogP) is 12.9. The number of rotatable bonds is 5. The lowest BCUT2D eigenvalue weighted by molar-refractivity contribution is 1.18. The van der Waals surface area contributed by atoms with Gasteiger partial charge in [0.1, 0.15) is 0 Å². The molecular formula is C48H32N2. The van der Waals surface area contributed by atoms with Crippen molar-refractivity contribution in [2.24, 2.45) is 0 Å². The Hall–Kier alpha value is -6.64. The fourth-order valence-electron chi connectivity index (χ4n) is 7.83. The topological polar surface area (TPSA) is 9.86 Å². The highest BCUT2D eigenvalue weighted by Gasteiger charge is 2.16. The van der Waals surface area contributed by atoms with Crippen molar-refractivity contribution < 1.29 is 0 Å². The van der Waals surface area contributed by atoms with Gasteiger partial charge in [0.2, 0.25) is 0 Å². The third kappa shape index (κ3) is 4.50. The molecule has 2 heteroatoms. The van der Waals surface area contributed by atoms with E-state index in [1.54, 1.807) is 0 Å². The Morgan fingerprint density at radius 2 is 0.620 bits per heavy atom. The Balaban J connectivity index is 1.05. The van der Waals surface area contributed by atoms with Crippen LogP contribution in [0.3, 0.4) is 0 Å². The molecular weight excluding hydrogens is 605 g/mol. The number of benzene rings is 8. The minimum atomic E-state index is 1.17. The number of hydrogen-bond donors (Lipinski definition) is 0. The lowest BCUT2D eigenvalue weighted by Crippen LogP contribution is -1.93. The van der Waals surface area contributed by atoms with E-state index in [0.29, 0.717) is 0 Å². The maximum Gasteiger partial charge on any atom is 0.0541 e. The highest BCUT2D eigenvalue weighted by Crippen LogP contribution is 2.39. The van der Waals surface area contributed by atoms with Crippen molar-refractivity contribution in [3.63, 3.8) is 0 Å². The Kier molecular flexibility index (Phi) is 6.53. The Morgan fingerprint density at radius 3 is 1.18 bits per heavy atom. The molecule has 234 valence electrons. The van der Waals surface area contributed by atoms with Crippen molar-refractivity contribution in [1.82, 2.24) is 9.13 Å². The highest BCUT2D eigenvalue weighted by molar-refractivity contribution is 6.12. The third-order valence-corrected chi connectivity index (χ3v) is 10.1. The average Bonchev–Trinajstić information content (AvgIpc) is 3.71. The van der Waals surface area contributed by atoms with Crippen molar-refractivity contribution in [2.45, 2.75) is 0 Å². The van der Waals surface area contributed by atoms with E-state index in [2.05, 4.69) is 203 Å². The first kappa shape index (κ1) is 28.4. The van der Waals surface area contributed by atoms with E-state index in [1.165, 1.54) is 88.4 Å². The van der Waals surface area contributed by atoms with Gasteiger partial charge in [0.05, 0.1) is 22.1 Å². The molecule has 0 aliphatic heterocycles. The molecule has 2 heterocycles. The molecule has 0 spiro atoms. The van der Waals surface area contributed by atoms with Gasteiger partial charge in [-0.3, -0.25) is 0 Å². The average molecular weight is 637 g/mol. The molecule has 0 unspecified atom stereocenters. The van der Waals surface area contributed by atoms with E-state index in [9.17, 15) is 0 Å². The van der Waals surface area contributed by atoms with Crippen LogP contribution in [0.2, 0.25) is 0 Å². The normalized spacial score (nSPS) is 11.6. The fourth-order valence-corrected chi connectivity index (χ4v) is 7.83. The lowest BCUT2D eigenvalue weighted by atomic mass is 9.92. The van der Waals surface area contributed by atoms with E-state index in [-0.39, 0.29) is 0 Å². The quantitative estimate of drug-likeness (QED) is 0.178. The van der Waals surface area contributed by atoms with Gasteiger partial charge in [-0.1, -0.05) is 133 Å². The molecule has 2 nitrogen and oxygen atoms in total. The summed E-state index contributed by atoms with van der Waals surface area (Å²) in [6, 6.07) is 70.3. The van der Waals surface area contributed by atoms with Gasteiger partial charge >= 0.3 is 0 Å². The molecule has 2 aromatic heterocycles. The minimum absolute atomic E-state index is 1.17. The van der Waals surface area contributed by atoms with Crippen molar-refractivity contribution in [3.8, 4) is 44.8 Å². The standard InChI is InChI=1S/C48H32N2/c1-3-13-37(14-4-1)49-45-21-11-9-19-41(45)43-31-35(27-29-47(43)49)33-23-25-34(26-24-33)39-17-7-8-18-40(39)36-28-30-48-44(32-36)42-20-10-12-22-46(42)50(48)38-15-5-2-6-16-38/h1-32H. The molecule has 0 N–H and O–H groups in total. The Labute approximate surface area is 290 Å². The molecule has 0 aliphatic carbocycles. The van der Waals surface area contributed by atoms with Gasteiger partial charge in [0.15, 0.2) is 0 Å². The minimum Gasteiger partial charge on any atom is -0.309 e. The summed E-state index contributed by atoms with van der Waals surface area (Å²) in [4.78, 5) is 0. The van der Waals surface area contributed by atoms with Gasteiger partial charge in [-0.05, 0) is 94.0 Å². The predicted molar refractivity (Wildman–Crippen MR) is 211 cm³/mol. The van der Waals surface area contributed by atoms with E-state index < -0.39 is 0 Å². The second-order valence-electron chi connectivity index (χ2n) is 13.0. The molecule has 50 heavy (non-hydrogen) atoms. The molecule has 0 aliphatic rings. The molecule has 0 saturated carbocycles. The zero-order valence-electron chi connectivity index (χ0n) is 27.4.